The molecule has 2 saturated heterocycles. The Hall–Kier alpha value is -1.89. The van der Waals surface area contributed by atoms with Crippen LogP contribution in [-0.2, 0) is 9.53 Å². The Bertz CT molecular complexity index is 589. The molecule has 0 aliphatic carbocycles. The van der Waals surface area contributed by atoms with Crippen molar-refractivity contribution in [2.45, 2.75) is 57.9 Å². The summed E-state index contributed by atoms with van der Waals surface area (Å²) in [4.78, 5) is 25.5. The number of esters is 1. The second-order valence-electron chi connectivity index (χ2n) is 7.58. The fraction of sp³-hybridized carbons (Fsp3) is 0.750. The highest BCUT2D eigenvalue weighted by Gasteiger charge is 2.25. The van der Waals surface area contributed by atoms with Gasteiger partial charge in [0.15, 0.2) is 0 Å². The predicted octanol–water partition coefficient (Wildman–Crippen LogP) is 2.69. The molecule has 3 heterocycles. The van der Waals surface area contributed by atoms with Crippen LogP contribution >= 0.6 is 0 Å². The van der Waals surface area contributed by atoms with Crippen LogP contribution in [0.4, 0.5) is 11.8 Å². The van der Waals surface area contributed by atoms with Crippen LogP contribution in [0.15, 0.2) is 12.3 Å². The van der Waals surface area contributed by atoms with Gasteiger partial charge in [-0.3, -0.25) is 9.69 Å². The molecule has 0 spiro atoms. The van der Waals surface area contributed by atoms with E-state index in [1.165, 1.54) is 25.7 Å². The first-order valence-corrected chi connectivity index (χ1v) is 10.5. The molecule has 0 amide bonds. The zero-order chi connectivity index (χ0) is 18.9. The Morgan fingerprint density at radius 3 is 2.85 bits per heavy atom. The van der Waals surface area contributed by atoms with Gasteiger partial charge in [0.1, 0.15) is 5.82 Å². The van der Waals surface area contributed by atoms with Crippen LogP contribution in [0.3, 0.4) is 0 Å². The number of carbonyl (C=O) groups excluding carboxylic acids is 1. The van der Waals surface area contributed by atoms with E-state index in [0.717, 1.165) is 51.3 Å². The third kappa shape index (κ3) is 6.34. The van der Waals surface area contributed by atoms with E-state index in [1.807, 2.05) is 12.3 Å². The zero-order valence-electron chi connectivity index (χ0n) is 16.5. The minimum atomic E-state index is -0.122. The summed E-state index contributed by atoms with van der Waals surface area (Å²) in [7, 11) is 0. The van der Waals surface area contributed by atoms with Crippen molar-refractivity contribution in [1.29, 1.82) is 0 Å². The second kappa shape index (κ2) is 10.4. The number of hydrogen-bond donors (Lipinski definition) is 1. The molecule has 7 nitrogen and oxygen atoms in total. The van der Waals surface area contributed by atoms with Crippen LogP contribution in [0.2, 0.25) is 0 Å². The number of nitrogens with one attached hydrogen (secondary N) is 1. The summed E-state index contributed by atoms with van der Waals surface area (Å²) in [5.41, 5.74) is 0. The molecule has 3 rings (SSSR count). The van der Waals surface area contributed by atoms with Crippen molar-refractivity contribution < 1.29 is 9.53 Å². The van der Waals surface area contributed by atoms with E-state index in [9.17, 15) is 4.79 Å². The van der Waals surface area contributed by atoms with Crippen LogP contribution in [0.5, 0.6) is 0 Å². The highest BCUT2D eigenvalue weighted by atomic mass is 16.5. The summed E-state index contributed by atoms with van der Waals surface area (Å²) in [6.45, 7) is 6.86. The van der Waals surface area contributed by atoms with Crippen molar-refractivity contribution in [3.63, 3.8) is 0 Å². The molecular weight excluding hydrogens is 342 g/mol. The number of carbonyl (C=O) groups is 1. The van der Waals surface area contributed by atoms with Crippen molar-refractivity contribution in [3.8, 4) is 0 Å². The molecule has 1 aromatic heterocycles. The lowest BCUT2D eigenvalue weighted by Gasteiger charge is -2.22. The van der Waals surface area contributed by atoms with E-state index in [1.54, 1.807) is 0 Å². The molecule has 2 aliphatic heterocycles. The molecule has 0 saturated carbocycles. The lowest BCUT2D eigenvalue weighted by atomic mass is 10.2. The topological polar surface area (TPSA) is 70.6 Å². The highest BCUT2D eigenvalue weighted by molar-refractivity contribution is 5.71. The first kappa shape index (κ1) is 19.9. The van der Waals surface area contributed by atoms with E-state index in [4.69, 9.17) is 9.72 Å². The summed E-state index contributed by atoms with van der Waals surface area (Å²) < 4.78 is 5.26. The van der Waals surface area contributed by atoms with Crippen molar-refractivity contribution >= 4 is 17.7 Å². The summed E-state index contributed by atoms with van der Waals surface area (Å²) in [6.07, 6.45) is 9.89. The number of rotatable bonds is 8. The molecule has 27 heavy (non-hydrogen) atoms. The fourth-order valence-electron chi connectivity index (χ4n) is 3.73. The summed E-state index contributed by atoms with van der Waals surface area (Å²) in [5, 5.41) is 3.45. The molecule has 1 N–H and O–H groups in total. The second-order valence-corrected chi connectivity index (χ2v) is 7.58. The first-order valence-electron chi connectivity index (χ1n) is 10.5. The van der Waals surface area contributed by atoms with E-state index in [2.05, 4.69) is 27.0 Å². The normalized spacial score (nSPS) is 21.1. The van der Waals surface area contributed by atoms with Crippen molar-refractivity contribution in [2.75, 3.05) is 49.5 Å². The molecule has 1 unspecified atom stereocenters. The van der Waals surface area contributed by atoms with Gasteiger partial charge in [-0.2, -0.15) is 4.98 Å². The van der Waals surface area contributed by atoms with Crippen LogP contribution in [0, 0.1) is 0 Å². The SMILES string of the molecule is CCCCOC(=O)CN1CCC(Nc2nccc(N3CCCCCC3)n2)C1. The molecule has 1 aromatic rings. The van der Waals surface area contributed by atoms with Crippen LogP contribution in [0.1, 0.15) is 51.9 Å². The Balaban J connectivity index is 1.47. The molecule has 7 heteroatoms. The Morgan fingerprint density at radius 1 is 1.26 bits per heavy atom. The summed E-state index contributed by atoms with van der Waals surface area (Å²) in [5.74, 6) is 1.58. The van der Waals surface area contributed by atoms with E-state index in [-0.39, 0.29) is 12.0 Å². The quantitative estimate of drug-likeness (QED) is 0.553. The fourth-order valence-corrected chi connectivity index (χ4v) is 3.73. The molecule has 2 aliphatic rings. The molecule has 0 bridgehead atoms. The molecule has 0 aromatic carbocycles. The molecule has 150 valence electrons. The van der Waals surface area contributed by atoms with Gasteiger partial charge in [0, 0.05) is 38.4 Å². The van der Waals surface area contributed by atoms with Gasteiger partial charge in [-0.25, -0.2) is 4.98 Å². The molecular formula is C20H33N5O2. The zero-order valence-corrected chi connectivity index (χ0v) is 16.5. The lowest BCUT2D eigenvalue weighted by Crippen LogP contribution is -2.32. The van der Waals surface area contributed by atoms with Crippen LogP contribution in [0.25, 0.3) is 0 Å². The van der Waals surface area contributed by atoms with Crippen molar-refractivity contribution in [2.24, 2.45) is 0 Å². The number of hydrogen-bond acceptors (Lipinski definition) is 7. The Kier molecular flexibility index (Phi) is 7.68. The van der Waals surface area contributed by atoms with Crippen LogP contribution in [-0.4, -0.2) is 66.2 Å². The minimum absolute atomic E-state index is 0.122. The van der Waals surface area contributed by atoms with E-state index in [0.29, 0.717) is 19.1 Å². The maximum atomic E-state index is 11.9. The van der Waals surface area contributed by atoms with Gasteiger partial charge < -0.3 is 15.0 Å². The number of aromatic nitrogens is 2. The van der Waals surface area contributed by atoms with E-state index < -0.39 is 0 Å². The third-order valence-corrected chi connectivity index (χ3v) is 5.29. The number of unbranched alkanes of at least 4 members (excludes halogenated alkanes) is 1. The smallest absolute Gasteiger partial charge is 0.320 e. The minimum Gasteiger partial charge on any atom is -0.465 e. The van der Waals surface area contributed by atoms with Gasteiger partial charge in [-0.15, -0.1) is 0 Å². The number of nitrogens with zero attached hydrogens (tertiary/aromatic N) is 4. The maximum Gasteiger partial charge on any atom is 0.320 e. The monoisotopic (exact) mass is 375 g/mol. The average molecular weight is 376 g/mol. The van der Waals surface area contributed by atoms with Crippen molar-refractivity contribution in [1.82, 2.24) is 14.9 Å². The van der Waals surface area contributed by atoms with Crippen LogP contribution < -0.4 is 10.2 Å². The largest absolute Gasteiger partial charge is 0.465 e. The average Bonchev–Trinajstić information content (AvgIpc) is 2.93. The van der Waals surface area contributed by atoms with Gasteiger partial charge in [0.2, 0.25) is 5.95 Å². The maximum absolute atomic E-state index is 11.9. The standard InChI is InChI=1S/C20H33N5O2/c1-2-3-14-27-19(26)16-24-13-9-17(15-24)22-20-21-10-8-18(23-20)25-11-6-4-5-7-12-25/h8,10,17H,2-7,9,11-16H2,1H3,(H,21,22,23). The molecule has 0 radical (unpaired) electrons. The van der Waals surface area contributed by atoms with Crippen molar-refractivity contribution in [3.05, 3.63) is 12.3 Å². The van der Waals surface area contributed by atoms with E-state index >= 15 is 0 Å². The predicted molar refractivity (Wildman–Crippen MR) is 107 cm³/mol. The van der Waals surface area contributed by atoms with Gasteiger partial charge in [-0.1, -0.05) is 26.2 Å². The highest BCUT2D eigenvalue weighted by Crippen LogP contribution is 2.19. The van der Waals surface area contributed by atoms with Gasteiger partial charge in [0.25, 0.3) is 0 Å². The number of anilines is 2. The first-order chi connectivity index (χ1) is 13.2. The lowest BCUT2D eigenvalue weighted by molar-refractivity contribution is -0.144. The Labute approximate surface area is 162 Å². The number of ether oxygens (including phenoxy) is 1. The summed E-state index contributed by atoms with van der Waals surface area (Å²) >= 11 is 0. The summed E-state index contributed by atoms with van der Waals surface area (Å²) in [6, 6.07) is 2.27. The molecule has 1 atom stereocenters. The molecule has 2 fully saturated rings. The van der Waals surface area contributed by atoms with Gasteiger partial charge in [-0.05, 0) is 31.7 Å². The van der Waals surface area contributed by atoms with Gasteiger partial charge >= 0.3 is 5.97 Å². The van der Waals surface area contributed by atoms with Gasteiger partial charge in [0.05, 0.1) is 13.2 Å². The Morgan fingerprint density at radius 2 is 2.07 bits per heavy atom. The third-order valence-electron chi connectivity index (χ3n) is 5.29. The number of likely N-dealkylation sites (tertiary alicyclic amines) is 1.